The predicted octanol–water partition coefficient (Wildman–Crippen LogP) is 6.23. The number of aromatic amines is 1. The fourth-order valence-corrected chi connectivity index (χ4v) is 3.31. The van der Waals surface area contributed by atoms with Crippen LogP contribution in [0.1, 0.15) is 5.56 Å². The molecule has 0 aliphatic carbocycles. The van der Waals surface area contributed by atoms with E-state index in [1.807, 2.05) is 48.7 Å². The number of nitrogens with zero attached hydrogens (tertiary/aromatic N) is 1. The number of aromatic nitrogens is 2. The zero-order valence-corrected chi connectivity index (χ0v) is 17.2. The fourth-order valence-electron chi connectivity index (χ4n) is 2.98. The van der Waals surface area contributed by atoms with E-state index in [1.54, 1.807) is 25.3 Å². The molecule has 4 aromatic rings. The van der Waals surface area contributed by atoms with Crippen molar-refractivity contribution in [2.45, 2.75) is 6.61 Å². The number of ether oxygens (including phenoxy) is 2. The van der Waals surface area contributed by atoms with Gasteiger partial charge in [-0.05, 0) is 24.3 Å². The van der Waals surface area contributed by atoms with Crippen LogP contribution in [0.25, 0.3) is 22.6 Å². The van der Waals surface area contributed by atoms with E-state index in [0.29, 0.717) is 21.5 Å². The summed E-state index contributed by atoms with van der Waals surface area (Å²) in [6.07, 6.45) is 1.85. The molecule has 1 aromatic heterocycles. The monoisotopic (exact) mass is 452 g/mol. The lowest BCUT2D eigenvalue weighted by molar-refractivity contribution is 0.297. The quantitative estimate of drug-likeness (QED) is 0.376. The largest absolute Gasteiger partial charge is 0.496 e. The molecule has 29 heavy (non-hydrogen) atoms. The Labute approximate surface area is 176 Å². The molecule has 0 saturated carbocycles. The van der Waals surface area contributed by atoms with Gasteiger partial charge in [0.05, 0.1) is 12.8 Å². The van der Waals surface area contributed by atoms with Gasteiger partial charge >= 0.3 is 0 Å². The normalized spacial score (nSPS) is 10.7. The Morgan fingerprint density at radius 1 is 1.03 bits per heavy atom. The van der Waals surface area contributed by atoms with Gasteiger partial charge in [0.15, 0.2) is 0 Å². The predicted molar refractivity (Wildman–Crippen MR) is 114 cm³/mol. The van der Waals surface area contributed by atoms with Crippen LogP contribution in [-0.2, 0) is 6.61 Å². The highest BCUT2D eigenvalue weighted by molar-refractivity contribution is 9.10. The zero-order valence-electron chi connectivity index (χ0n) is 15.7. The fraction of sp³-hybridized carbons (Fsp3) is 0.0870. The number of rotatable bonds is 6. The van der Waals surface area contributed by atoms with Crippen molar-refractivity contribution in [1.29, 1.82) is 0 Å². The molecule has 0 unspecified atom stereocenters. The van der Waals surface area contributed by atoms with Crippen LogP contribution >= 0.6 is 15.9 Å². The van der Waals surface area contributed by atoms with Crippen molar-refractivity contribution in [2.24, 2.45) is 0 Å². The van der Waals surface area contributed by atoms with E-state index in [4.69, 9.17) is 9.47 Å². The van der Waals surface area contributed by atoms with Crippen LogP contribution in [0.3, 0.4) is 0 Å². The molecule has 0 amide bonds. The molecule has 4 nitrogen and oxygen atoms in total. The maximum absolute atomic E-state index is 14.0. The van der Waals surface area contributed by atoms with Crippen molar-refractivity contribution in [2.75, 3.05) is 7.11 Å². The highest BCUT2D eigenvalue weighted by Gasteiger charge is 2.12. The summed E-state index contributed by atoms with van der Waals surface area (Å²) in [5.41, 5.74) is 3.10. The third-order valence-electron chi connectivity index (χ3n) is 4.48. The Morgan fingerprint density at radius 2 is 1.86 bits per heavy atom. The van der Waals surface area contributed by atoms with E-state index in [2.05, 4.69) is 25.9 Å². The van der Waals surface area contributed by atoms with E-state index in [-0.39, 0.29) is 12.4 Å². The first-order valence-corrected chi connectivity index (χ1v) is 9.79. The average Bonchev–Trinajstić information content (AvgIpc) is 3.23. The molecule has 6 heteroatoms. The molecule has 1 heterocycles. The Hall–Kier alpha value is -3.12. The first-order valence-electron chi connectivity index (χ1n) is 9.00. The van der Waals surface area contributed by atoms with E-state index in [0.717, 1.165) is 22.6 Å². The van der Waals surface area contributed by atoms with Crippen molar-refractivity contribution >= 4 is 15.9 Å². The summed E-state index contributed by atoms with van der Waals surface area (Å²) in [6.45, 7) is 0.127. The Morgan fingerprint density at radius 3 is 2.62 bits per heavy atom. The second-order valence-electron chi connectivity index (χ2n) is 6.39. The van der Waals surface area contributed by atoms with E-state index >= 15 is 0 Å². The number of methoxy groups -OCH3 is 1. The van der Waals surface area contributed by atoms with Gasteiger partial charge in [0.25, 0.3) is 0 Å². The maximum Gasteiger partial charge on any atom is 0.138 e. The number of nitrogens with one attached hydrogen (secondary N) is 1. The van der Waals surface area contributed by atoms with Crippen molar-refractivity contribution in [1.82, 2.24) is 9.97 Å². The van der Waals surface area contributed by atoms with Gasteiger partial charge < -0.3 is 14.5 Å². The van der Waals surface area contributed by atoms with Crippen LogP contribution in [0, 0.1) is 5.82 Å². The van der Waals surface area contributed by atoms with Crippen molar-refractivity contribution in [3.63, 3.8) is 0 Å². The van der Waals surface area contributed by atoms with Crippen molar-refractivity contribution < 1.29 is 13.9 Å². The summed E-state index contributed by atoms with van der Waals surface area (Å²) in [6, 6.07) is 20.3. The van der Waals surface area contributed by atoms with Gasteiger partial charge in [-0.15, -0.1) is 0 Å². The number of imidazole rings is 1. The Kier molecular flexibility index (Phi) is 5.62. The molecule has 0 fully saturated rings. The molecule has 0 aliphatic rings. The summed E-state index contributed by atoms with van der Waals surface area (Å²) in [7, 11) is 1.60. The molecular formula is C23H18BrFN2O2. The maximum atomic E-state index is 14.0. The molecular weight excluding hydrogens is 435 g/mol. The molecule has 4 rings (SSSR count). The van der Waals surface area contributed by atoms with Gasteiger partial charge in [-0.25, -0.2) is 9.37 Å². The van der Waals surface area contributed by atoms with Gasteiger partial charge in [-0.3, -0.25) is 0 Å². The summed E-state index contributed by atoms with van der Waals surface area (Å²) < 4.78 is 26.0. The van der Waals surface area contributed by atoms with Gasteiger partial charge in [-0.2, -0.15) is 0 Å². The first-order chi connectivity index (χ1) is 14.1. The average molecular weight is 453 g/mol. The number of halogens is 2. The molecule has 3 aromatic carbocycles. The number of hydrogen-bond donors (Lipinski definition) is 1. The standard InChI is InChI=1S/C23H18BrFN2O2/c1-28-22-12-18(29-14-16-7-8-17(24)11-20(16)25)9-10-19(22)21-13-26-23(27-21)15-5-3-2-4-6-15/h2-13H,14H2,1H3,(H,26,27). The summed E-state index contributed by atoms with van der Waals surface area (Å²) >= 11 is 3.25. The smallest absolute Gasteiger partial charge is 0.138 e. The second-order valence-corrected chi connectivity index (χ2v) is 7.30. The topological polar surface area (TPSA) is 47.1 Å². The highest BCUT2D eigenvalue weighted by Crippen LogP contribution is 2.33. The SMILES string of the molecule is COc1cc(OCc2ccc(Br)cc2F)ccc1-c1c[nH]c(-c2ccccc2)n1. The van der Waals surface area contributed by atoms with Crippen LogP contribution in [0.5, 0.6) is 11.5 Å². The minimum atomic E-state index is -0.312. The molecule has 0 saturated heterocycles. The third kappa shape index (κ3) is 4.32. The van der Waals surface area contributed by atoms with Gasteiger partial charge in [0, 0.05) is 33.4 Å². The van der Waals surface area contributed by atoms with Gasteiger partial charge in [0.1, 0.15) is 29.7 Å². The lowest BCUT2D eigenvalue weighted by Crippen LogP contribution is -1.99. The molecule has 0 bridgehead atoms. The second kappa shape index (κ2) is 8.49. The summed E-state index contributed by atoms with van der Waals surface area (Å²) in [5.74, 6) is 1.69. The molecule has 0 spiro atoms. The van der Waals surface area contributed by atoms with Crippen LogP contribution in [-0.4, -0.2) is 17.1 Å². The van der Waals surface area contributed by atoms with Crippen LogP contribution < -0.4 is 9.47 Å². The van der Waals surface area contributed by atoms with Gasteiger partial charge in [0.2, 0.25) is 0 Å². The number of H-pyrrole nitrogens is 1. The molecule has 1 N–H and O–H groups in total. The minimum absolute atomic E-state index is 0.127. The first kappa shape index (κ1) is 19.2. The van der Waals surface area contributed by atoms with E-state index in [1.165, 1.54) is 6.07 Å². The third-order valence-corrected chi connectivity index (χ3v) is 4.98. The molecule has 0 aliphatic heterocycles. The highest BCUT2D eigenvalue weighted by atomic mass is 79.9. The van der Waals surface area contributed by atoms with Crippen LogP contribution in [0.15, 0.2) is 77.4 Å². The van der Waals surface area contributed by atoms with Crippen LogP contribution in [0.4, 0.5) is 4.39 Å². The zero-order chi connectivity index (χ0) is 20.2. The van der Waals surface area contributed by atoms with E-state index < -0.39 is 0 Å². The Balaban J connectivity index is 1.55. The summed E-state index contributed by atoms with van der Waals surface area (Å²) in [4.78, 5) is 7.87. The van der Waals surface area contributed by atoms with Gasteiger partial charge in [-0.1, -0.05) is 52.3 Å². The number of hydrogen-bond acceptors (Lipinski definition) is 3. The van der Waals surface area contributed by atoms with E-state index in [9.17, 15) is 4.39 Å². The van der Waals surface area contributed by atoms with Crippen molar-refractivity contribution in [3.05, 3.63) is 88.8 Å². The summed E-state index contributed by atoms with van der Waals surface area (Å²) in [5, 5.41) is 0. The lowest BCUT2D eigenvalue weighted by Gasteiger charge is -2.11. The minimum Gasteiger partial charge on any atom is -0.496 e. The lowest BCUT2D eigenvalue weighted by atomic mass is 10.1. The Bertz CT molecular complexity index is 1130. The molecule has 0 atom stereocenters. The molecule has 146 valence electrons. The van der Waals surface area contributed by atoms with Crippen LogP contribution in [0.2, 0.25) is 0 Å². The molecule has 0 radical (unpaired) electrons. The van der Waals surface area contributed by atoms with Crippen molar-refractivity contribution in [3.8, 4) is 34.1 Å². The number of benzene rings is 3.